The first-order valence-corrected chi connectivity index (χ1v) is 12.6. The SMILES string of the molecule is Cc1c(C)c2c(c(C)c1OCc1ccc3ccccc3n1)C(c1ccc(C(C)C)cc1)C(C)(C)O2.Cl. The predicted octanol–water partition coefficient (Wildman–Crippen LogP) is 8.59. The number of halogens is 1. The lowest BCUT2D eigenvalue weighted by Gasteiger charge is -2.27. The lowest BCUT2D eigenvalue weighted by molar-refractivity contribution is 0.121. The molecule has 4 heteroatoms. The monoisotopic (exact) mass is 501 g/mol. The van der Waals surface area contributed by atoms with Gasteiger partial charge in [0.2, 0.25) is 0 Å². The van der Waals surface area contributed by atoms with E-state index in [9.17, 15) is 0 Å². The van der Waals surface area contributed by atoms with Crippen LogP contribution in [0.3, 0.4) is 0 Å². The van der Waals surface area contributed by atoms with Gasteiger partial charge in [-0.2, -0.15) is 0 Å². The maximum Gasteiger partial charge on any atom is 0.130 e. The quantitative estimate of drug-likeness (QED) is 0.274. The van der Waals surface area contributed by atoms with Gasteiger partial charge in [-0.25, -0.2) is 4.98 Å². The van der Waals surface area contributed by atoms with Crippen molar-refractivity contribution in [1.29, 1.82) is 0 Å². The first-order chi connectivity index (χ1) is 16.7. The smallest absolute Gasteiger partial charge is 0.130 e. The van der Waals surface area contributed by atoms with Crippen molar-refractivity contribution in [3.05, 3.63) is 99.7 Å². The van der Waals surface area contributed by atoms with Crippen LogP contribution in [0.1, 0.15) is 78.6 Å². The van der Waals surface area contributed by atoms with E-state index in [2.05, 4.69) is 90.9 Å². The fourth-order valence-electron chi connectivity index (χ4n) is 5.46. The van der Waals surface area contributed by atoms with E-state index in [1.165, 1.54) is 16.7 Å². The molecule has 0 fully saturated rings. The average molecular weight is 502 g/mol. The van der Waals surface area contributed by atoms with Crippen molar-refractivity contribution < 1.29 is 9.47 Å². The fraction of sp³-hybridized carbons (Fsp3) is 0.344. The maximum atomic E-state index is 6.63. The number of pyridine rings is 1. The van der Waals surface area contributed by atoms with Gasteiger partial charge in [0.1, 0.15) is 23.7 Å². The number of rotatable bonds is 5. The summed E-state index contributed by atoms with van der Waals surface area (Å²) in [7, 11) is 0. The van der Waals surface area contributed by atoms with Gasteiger partial charge in [-0.05, 0) is 80.5 Å². The molecule has 0 N–H and O–H groups in total. The van der Waals surface area contributed by atoms with Gasteiger partial charge in [-0.15, -0.1) is 12.4 Å². The topological polar surface area (TPSA) is 31.4 Å². The Morgan fingerprint density at radius 3 is 2.28 bits per heavy atom. The lowest BCUT2D eigenvalue weighted by atomic mass is 9.78. The number of ether oxygens (including phenoxy) is 2. The number of para-hydroxylation sites is 1. The Kier molecular flexibility index (Phi) is 7.07. The minimum absolute atomic E-state index is 0. The maximum absolute atomic E-state index is 6.63. The van der Waals surface area contributed by atoms with Crippen LogP contribution in [0, 0.1) is 20.8 Å². The summed E-state index contributed by atoms with van der Waals surface area (Å²) < 4.78 is 13.1. The van der Waals surface area contributed by atoms with Gasteiger partial charge in [0.15, 0.2) is 0 Å². The number of hydrogen-bond donors (Lipinski definition) is 0. The zero-order chi connectivity index (χ0) is 24.9. The fourth-order valence-corrected chi connectivity index (χ4v) is 5.46. The molecule has 188 valence electrons. The van der Waals surface area contributed by atoms with Gasteiger partial charge < -0.3 is 9.47 Å². The molecular weight excluding hydrogens is 466 g/mol. The molecule has 5 rings (SSSR count). The van der Waals surface area contributed by atoms with Crippen molar-refractivity contribution >= 4 is 23.3 Å². The third kappa shape index (κ3) is 4.46. The predicted molar refractivity (Wildman–Crippen MR) is 151 cm³/mol. The Hall–Kier alpha value is -3.04. The normalized spacial score (nSPS) is 15.9. The van der Waals surface area contributed by atoms with E-state index < -0.39 is 0 Å². The molecule has 0 radical (unpaired) electrons. The molecule has 4 aromatic rings. The molecule has 1 aliphatic rings. The molecule has 1 unspecified atom stereocenters. The van der Waals surface area contributed by atoms with Crippen LogP contribution in [0.4, 0.5) is 0 Å². The Balaban J connectivity index is 0.00000304. The molecule has 0 saturated carbocycles. The third-order valence-corrected chi connectivity index (χ3v) is 7.54. The number of aromatic nitrogens is 1. The Labute approximate surface area is 221 Å². The van der Waals surface area contributed by atoms with Crippen LogP contribution in [-0.2, 0) is 6.61 Å². The van der Waals surface area contributed by atoms with E-state index in [1.54, 1.807) is 0 Å². The van der Waals surface area contributed by atoms with Crippen molar-refractivity contribution in [3.63, 3.8) is 0 Å². The van der Waals surface area contributed by atoms with Crippen molar-refractivity contribution in [3.8, 4) is 11.5 Å². The standard InChI is InChI=1S/C32H35NO2.ClH/c1-19(2)23-12-14-25(15-13-23)29-28-22(5)30(20(3)21(4)31(28)35-32(29,6)7)34-18-26-17-16-24-10-8-9-11-27(24)33-26;/h8-17,19,29H,18H2,1-7H3;1H. The Bertz CT molecular complexity index is 1410. The van der Waals surface area contributed by atoms with E-state index in [4.69, 9.17) is 14.5 Å². The van der Waals surface area contributed by atoms with Crippen molar-refractivity contribution in [2.75, 3.05) is 0 Å². The van der Waals surface area contributed by atoms with E-state index in [1.807, 2.05) is 18.2 Å². The molecule has 0 saturated heterocycles. The molecule has 0 aliphatic carbocycles. The summed E-state index contributed by atoms with van der Waals surface area (Å²) in [5, 5.41) is 1.14. The van der Waals surface area contributed by atoms with Gasteiger partial charge in [-0.1, -0.05) is 62.4 Å². The number of fused-ring (bicyclic) bond motifs is 2. The van der Waals surface area contributed by atoms with E-state index in [0.29, 0.717) is 12.5 Å². The van der Waals surface area contributed by atoms with Crippen LogP contribution < -0.4 is 9.47 Å². The second-order valence-corrected chi connectivity index (χ2v) is 10.7. The largest absolute Gasteiger partial charge is 0.487 e. The zero-order valence-electron chi connectivity index (χ0n) is 22.3. The van der Waals surface area contributed by atoms with Gasteiger partial charge in [0.25, 0.3) is 0 Å². The summed E-state index contributed by atoms with van der Waals surface area (Å²) in [6.45, 7) is 15.7. The highest BCUT2D eigenvalue weighted by atomic mass is 35.5. The molecule has 2 heterocycles. The summed E-state index contributed by atoms with van der Waals surface area (Å²) in [6.07, 6.45) is 0. The molecule has 3 aromatic carbocycles. The number of hydrogen-bond acceptors (Lipinski definition) is 3. The second kappa shape index (κ2) is 9.78. The van der Waals surface area contributed by atoms with Gasteiger partial charge in [0, 0.05) is 10.9 Å². The summed E-state index contributed by atoms with van der Waals surface area (Å²) in [4.78, 5) is 4.80. The molecule has 0 spiro atoms. The molecule has 0 bridgehead atoms. The summed E-state index contributed by atoms with van der Waals surface area (Å²) in [5.74, 6) is 2.61. The van der Waals surface area contributed by atoms with E-state index >= 15 is 0 Å². The second-order valence-electron chi connectivity index (χ2n) is 10.7. The van der Waals surface area contributed by atoms with Gasteiger partial charge in [-0.3, -0.25) is 0 Å². The number of benzene rings is 3. The first kappa shape index (κ1) is 26.0. The lowest BCUT2D eigenvalue weighted by Crippen LogP contribution is -2.31. The molecule has 1 aliphatic heterocycles. The van der Waals surface area contributed by atoms with Crippen LogP contribution in [0.25, 0.3) is 10.9 Å². The van der Waals surface area contributed by atoms with Crippen molar-refractivity contribution in [2.24, 2.45) is 0 Å². The Morgan fingerprint density at radius 1 is 0.889 bits per heavy atom. The van der Waals surface area contributed by atoms with Crippen LogP contribution in [0.5, 0.6) is 11.5 Å². The van der Waals surface area contributed by atoms with Crippen LogP contribution in [0.15, 0.2) is 60.7 Å². The minimum atomic E-state index is -0.345. The highest BCUT2D eigenvalue weighted by molar-refractivity contribution is 5.85. The summed E-state index contributed by atoms with van der Waals surface area (Å²) in [5.41, 5.74) is 8.91. The van der Waals surface area contributed by atoms with Gasteiger partial charge in [0.05, 0.1) is 17.1 Å². The summed E-state index contributed by atoms with van der Waals surface area (Å²) in [6, 6.07) is 21.4. The average Bonchev–Trinajstić information content (AvgIpc) is 3.13. The highest BCUT2D eigenvalue weighted by Crippen LogP contribution is 2.54. The van der Waals surface area contributed by atoms with Crippen LogP contribution in [-0.4, -0.2) is 10.6 Å². The van der Waals surface area contributed by atoms with Gasteiger partial charge >= 0.3 is 0 Å². The molecule has 36 heavy (non-hydrogen) atoms. The molecule has 1 aromatic heterocycles. The minimum Gasteiger partial charge on any atom is -0.487 e. The van der Waals surface area contributed by atoms with Crippen LogP contribution in [0.2, 0.25) is 0 Å². The zero-order valence-corrected chi connectivity index (χ0v) is 23.1. The molecule has 0 amide bonds. The van der Waals surface area contributed by atoms with Crippen LogP contribution >= 0.6 is 12.4 Å². The highest BCUT2D eigenvalue weighted by Gasteiger charge is 2.45. The van der Waals surface area contributed by atoms with E-state index in [0.717, 1.165) is 44.8 Å². The first-order valence-electron chi connectivity index (χ1n) is 12.6. The van der Waals surface area contributed by atoms with Crippen molar-refractivity contribution in [2.45, 2.75) is 72.5 Å². The molecule has 1 atom stereocenters. The van der Waals surface area contributed by atoms with Crippen molar-refractivity contribution in [1.82, 2.24) is 4.98 Å². The third-order valence-electron chi connectivity index (χ3n) is 7.54. The number of nitrogens with zero attached hydrogens (tertiary/aromatic N) is 1. The summed E-state index contributed by atoms with van der Waals surface area (Å²) >= 11 is 0. The molecular formula is C32H36ClNO2. The van der Waals surface area contributed by atoms with E-state index in [-0.39, 0.29) is 23.9 Å². The Morgan fingerprint density at radius 2 is 1.58 bits per heavy atom. The molecule has 3 nitrogen and oxygen atoms in total.